The van der Waals surface area contributed by atoms with Gasteiger partial charge < -0.3 is 19.9 Å². The number of hydrogen-bond acceptors (Lipinski definition) is 13. The highest BCUT2D eigenvalue weighted by Crippen LogP contribution is 2.39. The van der Waals surface area contributed by atoms with Crippen molar-refractivity contribution >= 4 is 15.5 Å². The van der Waals surface area contributed by atoms with Crippen molar-refractivity contribution in [2.45, 2.75) is 30.5 Å². The lowest BCUT2D eigenvalue weighted by Crippen LogP contribution is -2.15. The highest BCUT2D eigenvalue weighted by molar-refractivity contribution is 7.90. The minimum absolute atomic E-state index is 0.0103. The number of methoxy groups -OCH3 is 1. The Balaban J connectivity index is 1.64. The number of sulfone groups is 1. The Hall–Kier alpha value is -4.82. The minimum atomic E-state index is -3.99. The highest BCUT2D eigenvalue weighted by atomic mass is 32.2. The third kappa shape index (κ3) is 6.81. The number of aromatic nitrogens is 4. The molecule has 14 heteroatoms. The topological polar surface area (TPSA) is 176 Å². The summed E-state index contributed by atoms with van der Waals surface area (Å²) >= 11 is 0. The number of hydrogen-bond donors (Lipinski definition) is 1. The molecule has 1 aliphatic heterocycles. The zero-order chi connectivity index (χ0) is 30.4. The van der Waals surface area contributed by atoms with Crippen LogP contribution in [0.25, 0.3) is 11.4 Å². The largest absolute Gasteiger partial charge is 0.493 e. The third-order valence-corrected chi connectivity index (χ3v) is 7.91. The molecule has 3 aromatic heterocycles. The second-order valence-electron chi connectivity index (χ2n) is 9.73. The van der Waals surface area contributed by atoms with Crippen LogP contribution in [-0.2, 0) is 15.6 Å². The summed E-state index contributed by atoms with van der Waals surface area (Å²) in [4.78, 5) is 17.9. The Kier molecular flexibility index (Phi) is 8.97. The van der Waals surface area contributed by atoms with Crippen molar-refractivity contribution in [3.63, 3.8) is 0 Å². The van der Waals surface area contributed by atoms with Crippen LogP contribution in [0.15, 0.2) is 81.4 Å². The maximum absolute atomic E-state index is 13.7. The summed E-state index contributed by atoms with van der Waals surface area (Å²) in [7, 11) is -2.49. The fourth-order valence-electron chi connectivity index (χ4n) is 4.12. The summed E-state index contributed by atoms with van der Waals surface area (Å²) < 4.78 is 45.0. The molecule has 0 saturated carbocycles. The maximum atomic E-state index is 13.7. The Morgan fingerprint density at radius 2 is 1.84 bits per heavy atom. The van der Waals surface area contributed by atoms with Crippen molar-refractivity contribution in [1.82, 2.24) is 19.9 Å². The summed E-state index contributed by atoms with van der Waals surface area (Å²) in [5.41, 5.74) is 8.37. The Labute approximate surface area is 248 Å². The fourth-order valence-corrected chi connectivity index (χ4v) is 5.31. The number of para-hydroxylation sites is 2. The van der Waals surface area contributed by atoms with E-state index < -0.39 is 15.6 Å². The summed E-state index contributed by atoms with van der Waals surface area (Å²) in [5, 5.41) is 11.5. The molecule has 2 N–H and O–H groups in total. The average Bonchev–Trinajstić information content (AvgIpc) is 3.57. The molecule has 222 valence electrons. The number of nitrogens with two attached hydrogens (primary N) is 1. The molecule has 0 aliphatic carbocycles. The minimum Gasteiger partial charge on any atom is -0.493 e. The lowest BCUT2D eigenvalue weighted by molar-refractivity contribution is 0.294. The van der Waals surface area contributed by atoms with Crippen LogP contribution in [0.3, 0.4) is 0 Å². The van der Waals surface area contributed by atoms with Gasteiger partial charge in [-0.3, -0.25) is 4.98 Å². The van der Waals surface area contributed by atoms with Gasteiger partial charge in [-0.25, -0.2) is 18.4 Å². The molecule has 0 bridgehead atoms. The molecular weight excluding hydrogens is 572 g/mol. The predicted octanol–water partition coefficient (Wildman–Crippen LogP) is 4.34. The van der Waals surface area contributed by atoms with E-state index in [0.717, 1.165) is 5.56 Å². The molecule has 1 aromatic carbocycles. The second-order valence-corrected chi connectivity index (χ2v) is 11.7. The first-order valence-electron chi connectivity index (χ1n) is 13.4. The van der Waals surface area contributed by atoms with Gasteiger partial charge >= 0.3 is 0 Å². The predicted molar refractivity (Wildman–Crippen MR) is 158 cm³/mol. The van der Waals surface area contributed by atoms with Crippen molar-refractivity contribution in [3.05, 3.63) is 77.9 Å². The number of nitrogens with zero attached hydrogens (tertiary/aromatic N) is 7. The summed E-state index contributed by atoms with van der Waals surface area (Å²) in [6, 6.07) is 13.6. The molecule has 0 atom stereocenters. The second kappa shape index (κ2) is 13.0. The molecule has 4 aromatic rings. The Morgan fingerprint density at radius 1 is 1.02 bits per heavy atom. The van der Waals surface area contributed by atoms with Crippen LogP contribution >= 0.6 is 0 Å². The summed E-state index contributed by atoms with van der Waals surface area (Å²) in [5.74, 6) is 0.580. The highest BCUT2D eigenvalue weighted by Gasteiger charge is 2.27. The Morgan fingerprint density at radius 3 is 2.51 bits per heavy atom. The van der Waals surface area contributed by atoms with Crippen LogP contribution in [0.1, 0.15) is 36.7 Å². The van der Waals surface area contributed by atoms with Crippen molar-refractivity contribution in [1.29, 1.82) is 0 Å². The van der Waals surface area contributed by atoms with Gasteiger partial charge in [0.05, 0.1) is 12.8 Å². The fraction of sp³-hybridized carbons (Fsp3) is 0.276. The first-order valence-corrected chi connectivity index (χ1v) is 15.1. The van der Waals surface area contributed by atoms with Crippen LogP contribution in [0.4, 0.5) is 0 Å². The zero-order valence-electron chi connectivity index (χ0n) is 23.8. The van der Waals surface area contributed by atoms with E-state index in [2.05, 4.69) is 35.4 Å². The molecule has 0 radical (unpaired) electrons. The van der Waals surface area contributed by atoms with Crippen molar-refractivity contribution in [2.75, 3.05) is 26.8 Å². The van der Waals surface area contributed by atoms with E-state index >= 15 is 0 Å². The van der Waals surface area contributed by atoms with Crippen LogP contribution in [0.5, 0.6) is 23.1 Å². The molecule has 0 saturated heterocycles. The number of pyridine rings is 2. The first kappa shape index (κ1) is 29.7. The SMILES string of the molecule is COc1ccccc1Oc1c(CS(=O)(=O)c2ccc(C(C)C)cn2)nc(-c2ccnc(C3=NN=NC3)c2)nc1OCCN. The maximum Gasteiger partial charge on any atom is 0.261 e. The molecule has 0 spiro atoms. The number of ether oxygens (including phenoxy) is 3. The quantitative estimate of drug-likeness (QED) is 0.245. The standard InChI is InChI=1S/C29H30N8O5S/c1-18(2)20-8-9-26(32-15-20)43(38,39)17-23-27(42-25-7-5-4-6-24(25)40-3)29(41-13-11-30)35-28(34-23)19-10-12-31-21(14-19)22-16-33-37-36-22/h4-10,12,14-15,18H,11,13,16-17,30H2,1-3H3. The van der Waals surface area contributed by atoms with Gasteiger partial charge in [-0.15, -0.1) is 5.10 Å². The van der Waals surface area contributed by atoms with Crippen LogP contribution in [0.2, 0.25) is 0 Å². The molecule has 5 rings (SSSR count). The van der Waals surface area contributed by atoms with E-state index in [1.54, 1.807) is 54.9 Å². The van der Waals surface area contributed by atoms with E-state index in [1.165, 1.54) is 13.2 Å². The first-order chi connectivity index (χ1) is 20.8. The average molecular weight is 603 g/mol. The van der Waals surface area contributed by atoms with E-state index in [0.29, 0.717) is 35.0 Å². The van der Waals surface area contributed by atoms with Gasteiger partial charge in [0.2, 0.25) is 15.6 Å². The third-order valence-electron chi connectivity index (χ3n) is 6.38. The molecule has 1 aliphatic rings. The van der Waals surface area contributed by atoms with Crippen molar-refractivity contribution in [2.24, 2.45) is 21.2 Å². The molecule has 0 unspecified atom stereocenters. The number of rotatable bonds is 12. The summed E-state index contributed by atoms with van der Waals surface area (Å²) in [6.07, 6.45) is 3.14. The Bertz CT molecular complexity index is 1780. The monoisotopic (exact) mass is 602 g/mol. The van der Waals surface area contributed by atoms with E-state index in [4.69, 9.17) is 19.9 Å². The zero-order valence-corrected chi connectivity index (χ0v) is 24.7. The van der Waals surface area contributed by atoms with Gasteiger partial charge in [0.15, 0.2) is 22.3 Å². The van der Waals surface area contributed by atoms with Crippen LogP contribution < -0.4 is 19.9 Å². The lowest BCUT2D eigenvalue weighted by Gasteiger charge is -2.18. The molecule has 13 nitrogen and oxygen atoms in total. The van der Waals surface area contributed by atoms with Crippen molar-refractivity contribution in [3.8, 4) is 34.5 Å². The smallest absolute Gasteiger partial charge is 0.261 e. The molecule has 0 amide bonds. The van der Waals surface area contributed by atoms with Gasteiger partial charge in [0.25, 0.3) is 5.88 Å². The van der Waals surface area contributed by atoms with E-state index in [-0.39, 0.29) is 47.2 Å². The van der Waals surface area contributed by atoms with Gasteiger partial charge in [-0.2, -0.15) is 10.1 Å². The molecule has 43 heavy (non-hydrogen) atoms. The van der Waals surface area contributed by atoms with Gasteiger partial charge in [-0.1, -0.05) is 32.0 Å². The molecule has 4 heterocycles. The lowest BCUT2D eigenvalue weighted by atomic mass is 10.1. The molecular formula is C29H30N8O5S. The van der Waals surface area contributed by atoms with Gasteiger partial charge in [0.1, 0.15) is 30.3 Å². The van der Waals surface area contributed by atoms with E-state index in [9.17, 15) is 8.42 Å². The van der Waals surface area contributed by atoms with Crippen LogP contribution in [0, 0.1) is 0 Å². The van der Waals surface area contributed by atoms with Gasteiger partial charge in [-0.05, 0) is 47.0 Å². The molecule has 0 fully saturated rings. The van der Waals surface area contributed by atoms with Gasteiger partial charge in [0, 0.05) is 24.5 Å². The van der Waals surface area contributed by atoms with E-state index in [1.807, 2.05) is 13.8 Å². The summed E-state index contributed by atoms with van der Waals surface area (Å²) in [6.45, 7) is 4.57. The normalized spacial score (nSPS) is 12.8. The number of benzene rings is 1. The van der Waals surface area contributed by atoms with Crippen molar-refractivity contribution < 1.29 is 22.6 Å². The van der Waals surface area contributed by atoms with Crippen LogP contribution in [-0.4, -0.2) is 60.9 Å².